The first-order valence-electron chi connectivity index (χ1n) is 9.25. The van der Waals surface area contributed by atoms with Gasteiger partial charge in [0, 0.05) is 17.4 Å². The first kappa shape index (κ1) is 18.2. The fraction of sp³-hybridized carbons (Fsp3) is 0.0435. The van der Waals surface area contributed by atoms with Crippen molar-refractivity contribution in [1.82, 2.24) is 19.7 Å². The van der Waals surface area contributed by atoms with Crippen LogP contribution in [-0.4, -0.2) is 19.7 Å². The first-order valence-corrected chi connectivity index (χ1v) is 9.25. The molecule has 0 aliphatic carbocycles. The topological polar surface area (TPSA) is 46.5 Å². The number of halogens is 3. The van der Waals surface area contributed by atoms with E-state index in [1.165, 1.54) is 6.07 Å². The van der Waals surface area contributed by atoms with E-state index in [4.69, 9.17) is 0 Å². The minimum atomic E-state index is -4.39. The van der Waals surface area contributed by atoms with Gasteiger partial charge in [-0.1, -0.05) is 36.4 Å². The van der Waals surface area contributed by atoms with E-state index in [0.717, 1.165) is 40.2 Å². The van der Waals surface area contributed by atoms with Gasteiger partial charge >= 0.3 is 6.18 Å². The maximum Gasteiger partial charge on any atom is 0.416 e. The minimum absolute atomic E-state index is 0.298. The summed E-state index contributed by atoms with van der Waals surface area (Å²) in [5, 5.41) is 7.12. The summed E-state index contributed by atoms with van der Waals surface area (Å²) >= 11 is 0. The van der Waals surface area contributed by atoms with Gasteiger partial charge in [0.15, 0.2) is 0 Å². The van der Waals surface area contributed by atoms with Gasteiger partial charge in [0.05, 0.1) is 22.3 Å². The Hall–Kier alpha value is -3.87. The summed E-state index contributed by atoms with van der Waals surface area (Å²) in [5.41, 5.74) is 4.82. The van der Waals surface area contributed by atoms with Gasteiger partial charge in [-0.15, -0.1) is 0 Å². The van der Waals surface area contributed by atoms with E-state index in [-0.39, 0.29) is 0 Å². The van der Waals surface area contributed by atoms with Crippen LogP contribution < -0.4 is 0 Å². The predicted molar refractivity (Wildman–Crippen MR) is 109 cm³/mol. The van der Waals surface area contributed by atoms with Gasteiger partial charge in [-0.2, -0.15) is 18.3 Å². The van der Waals surface area contributed by atoms with Gasteiger partial charge in [0.1, 0.15) is 6.33 Å². The third-order valence-electron chi connectivity index (χ3n) is 5.01. The Morgan fingerprint density at radius 2 is 1.67 bits per heavy atom. The highest BCUT2D eigenvalue weighted by atomic mass is 19.4. The van der Waals surface area contributed by atoms with Crippen LogP contribution in [0, 0.1) is 0 Å². The number of rotatable bonds is 3. The lowest BCUT2D eigenvalue weighted by molar-refractivity contribution is -0.137. The minimum Gasteiger partial charge on any atom is -0.299 e. The van der Waals surface area contributed by atoms with E-state index in [9.17, 15) is 13.2 Å². The second-order valence-corrected chi connectivity index (χ2v) is 6.87. The van der Waals surface area contributed by atoms with Crippen molar-refractivity contribution in [1.29, 1.82) is 0 Å². The molecule has 0 radical (unpaired) electrons. The van der Waals surface area contributed by atoms with Crippen molar-refractivity contribution in [2.45, 2.75) is 6.18 Å². The van der Waals surface area contributed by atoms with E-state index < -0.39 is 11.7 Å². The lowest BCUT2D eigenvalue weighted by atomic mass is 9.97. The number of imidazole rings is 1. The van der Waals surface area contributed by atoms with Crippen LogP contribution in [0.2, 0.25) is 0 Å². The van der Waals surface area contributed by atoms with E-state index in [1.807, 2.05) is 54.6 Å². The van der Waals surface area contributed by atoms with Gasteiger partial charge in [0.25, 0.3) is 0 Å². The van der Waals surface area contributed by atoms with Crippen molar-refractivity contribution >= 4 is 11.0 Å². The molecule has 0 spiro atoms. The molecule has 5 rings (SSSR count). The monoisotopic (exact) mass is 404 g/mol. The Kier molecular flexibility index (Phi) is 4.17. The summed E-state index contributed by atoms with van der Waals surface area (Å²) in [7, 11) is 0. The second-order valence-electron chi connectivity index (χ2n) is 6.87. The molecule has 0 fully saturated rings. The van der Waals surface area contributed by atoms with Gasteiger partial charge in [-0.25, -0.2) is 4.98 Å². The molecule has 3 aromatic carbocycles. The number of benzene rings is 3. The van der Waals surface area contributed by atoms with Crippen molar-refractivity contribution < 1.29 is 13.2 Å². The smallest absolute Gasteiger partial charge is 0.299 e. The van der Waals surface area contributed by atoms with Crippen LogP contribution in [0.3, 0.4) is 0 Å². The molecule has 5 aromatic rings. The molecular formula is C23H15F3N4. The molecule has 30 heavy (non-hydrogen) atoms. The Labute approximate surface area is 169 Å². The molecule has 0 saturated heterocycles. The largest absolute Gasteiger partial charge is 0.416 e. The summed E-state index contributed by atoms with van der Waals surface area (Å²) in [6, 6.07) is 21.3. The highest BCUT2D eigenvalue weighted by Gasteiger charge is 2.30. The third kappa shape index (κ3) is 3.14. The summed E-state index contributed by atoms with van der Waals surface area (Å²) < 4.78 is 40.8. The lowest BCUT2D eigenvalue weighted by Crippen LogP contribution is -2.04. The van der Waals surface area contributed by atoms with Gasteiger partial charge in [0.2, 0.25) is 0 Å². The number of nitrogens with one attached hydrogen (secondary N) is 1. The van der Waals surface area contributed by atoms with Crippen molar-refractivity contribution in [2.75, 3.05) is 0 Å². The molecule has 2 heterocycles. The van der Waals surface area contributed by atoms with E-state index in [1.54, 1.807) is 17.1 Å². The Morgan fingerprint density at radius 1 is 0.833 bits per heavy atom. The molecule has 0 aliphatic rings. The highest BCUT2D eigenvalue weighted by molar-refractivity contribution is 5.83. The zero-order valence-electron chi connectivity index (χ0n) is 15.6. The fourth-order valence-corrected chi connectivity index (χ4v) is 3.59. The molecule has 7 heteroatoms. The van der Waals surface area contributed by atoms with Crippen molar-refractivity contribution in [3.8, 4) is 28.1 Å². The summed E-state index contributed by atoms with van der Waals surface area (Å²) in [5.74, 6) is 0. The number of H-pyrrole nitrogens is 1. The van der Waals surface area contributed by atoms with Crippen LogP contribution in [0.4, 0.5) is 13.2 Å². The number of alkyl halides is 3. The van der Waals surface area contributed by atoms with Crippen LogP contribution in [0.1, 0.15) is 5.56 Å². The van der Waals surface area contributed by atoms with Gasteiger partial charge in [-0.3, -0.25) is 9.67 Å². The van der Waals surface area contributed by atoms with Crippen molar-refractivity contribution in [3.05, 3.63) is 90.9 Å². The normalized spacial score (nSPS) is 11.8. The van der Waals surface area contributed by atoms with Crippen molar-refractivity contribution in [3.63, 3.8) is 0 Å². The standard InChI is InChI=1S/C23H15F3N4/c24-23(25,26)16-8-9-22-21(13-16)27-14-30(22)17-5-3-4-15(12-17)18-6-1-2-7-19(18)20-10-11-28-29-20/h1-14H,(H,28,29). The lowest BCUT2D eigenvalue weighted by Gasteiger charge is -2.11. The maximum atomic E-state index is 13.0. The molecule has 0 bridgehead atoms. The zero-order chi connectivity index (χ0) is 20.7. The molecule has 0 saturated carbocycles. The number of nitrogens with zero attached hydrogens (tertiary/aromatic N) is 3. The molecule has 0 atom stereocenters. The van der Waals surface area contributed by atoms with Crippen LogP contribution in [-0.2, 0) is 6.18 Å². The number of hydrogen-bond donors (Lipinski definition) is 1. The quantitative estimate of drug-likeness (QED) is 0.395. The molecule has 0 amide bonds. The van der Waals surface area contributed by atoms with Crippen LogP contribution >= 0.6 is 0 Å². The van der Waals surface area contributed by atoms with E-state index in [0.29, 0.717) is 11.0 Å². The maximum absolute atomic E-state index is 13.0. The molecule has 1 N–H and O–H groups in total. The third-order valence-corrected chi connectivity index (χ3v) is 5.01. The van der Waals surface area contributed by atoms with E-state index >= 15 is 0 Å². The Morgan fingerprint density at radius 3 is 2.43 bits per heavy atom. The zero-order valence-corrected chi connectivity index (χ0v) is 15.6. The van der Waals surface area contributed by atoms with Crippen molar-refractivity contribution in [2.24, 2.45) is 0 Å². The predicted octanol–water partition coefficient (Wildman–Crippen LogP) is 6.10. The first-order chi connectivity index (χ1) is 14.5. The number of aromatic amines is 1. The average molecular weight is 404 g/mol. The SMILES string of the molecule is FC(F)(F)c1ccc2c(c1)ncn2-c1cccc(-c2ccccc2-c2cc[nH]n2)c1. The summed E-state index contributed by atoms with van der Waals surface area (Å²) in [4.78, 5) is 4.18. The Balaban J connectivity index is 1.61. The van der Waals surface area contributed by atoms with E-state index in [2.05, 4.69) is 15.2 Å². The number of fused-ring (bicyclic) bond motifs is 1. The number of aromatic nitrogens is 4. The highest BCUT2D eigenvalue weighted by Crippen LogP contribution is 2.34. The molecule has 0 unspecified atom stereocenters. The summed E-state index contributed by atoms with van der Waals surface area (Å²) in [6.07, 6.45) is -1.08. The molecule has 0 aliphatic heterocycles. The fourth-order valence-electron chi connectivity index (χ4n) is 3.59. The van der Waals surface area contributed by atoms with Gasteiger partial charge < -0.3 is 0 Å². The van der Waals surface area contributed by atoms with Gasteiger partial charge in [-0.05, 0) is 47.5 Å². The van der Waals surface area contributed by atoms with Crippen LogP contribution in [0.25, 0.3) is 39.1 Å². The molecular weight excluding hydrogens is 389 g/mol. The second kappa shape index (κ2) is 6.88. The van der Waals surface area contributed by atoms with Crippen LogP contribution in [0.5, 0.6) is 0 Å². The summed E-state index contributed by atoms with van der Waals surface area (Å²) in [6.45, 7) is 0. The Bertz CT molecular complexity index is 1330. The average Bonchev–Trinajstić information content (AvgIpc) is 3.43. The number of hydrogen-bond acceptors (Lipinski definition) is 2. The van der Waals surface area contributed by atoms with Crippen LogP contribution in [0.15, 0.2) is 85.3 Å². The molecule has 148 valence electrons. The molecule has 4 nitrogen and oxygen atoms in total. The molecule has 2 aromatic heterocycles.